The Hall–Kier alpha value is -2.30. The predicted molar refractivity (Wildman–Crippen MR) is 76.1 cm³/mol. The second kappa shape index (κ2) is 4.42. The summed E-state index contributed by atoms with van der Waals surface area (Å²) >= 11 is 0. The van der Waals surface area contributed by atoms with Crippen molar-refractivity contribution in [3.05, 3.63) is 41.2 Å². The fraction of sp³-hybridized carbons (Fsp3) is 0.286. The molecule has 0 atom stereocenters. The van der Waals surface area contributed by atoms with Crippen LogP contribution in [0.4, 0.5) is 5.95 Å². The van der Waals surface area contributed by atoms with Gasteiger partial charge in [-0.25, -0.2) is 4.98 Å². The van der Waals surface area contributed by atoms with Gasteiger partial charge in [-0.05, 0) is 26.0 Å². The number of para-hydroxylation sites is 2. The van der Waals surface area contributed by atoms with Crippen LogP contribution in [0.2, 0.25) is 0 Å². The van der Waals surface area contributed by atoms with Gasteiger partial charge in [0.15, 0.2) is 0 Å². The molecule has 0 saturated carbocycles. The van der Waals surface area contributed by atoms with Gasteiger partial charge >= 0.3 is 0 Å². The second-order valence-corrected chi connectivity index (χ2v) is 4.73. The van der Waals surface area contributed by atoms with Crippen LogP contribution < -0.4 is 5.32 Å². The van der Waals surface area contributed by atoms with Gasteiger partial charge in [0.05, 0.1) is 16.7 Å². The Balaban J connectivity index is 1.82. The number of nitrogens with zero attached hydrogens (tertiary/aromatic N) is 3. The molecule has 0 radical (unpaired) electrons. The number of rotatable bonds is 3. The summed E-state index contributed by atoms with van der Waals surface area (Å²) in [6, 6.07) is 8.01. The average Bonchev–Trinajstić information content (AvgIpc) is 2.90. The highest BCUT2D eigenvalue weighted by Gasteiger charge is 2.09. The number of aromatic amines is 1. The number of nitrogens with one attached hydrogen (secondary N) is 2. The molecular weight excluding hydrogens is 238 g/mol. The molecule has 0 saturated heterocycles. The van der Waals surface area contributed by atoms with Gasteiger partial charge in [-0.3, -0.25) is 4.68 Å². The van der Waals surface area contributed by atoms with E-state index in [1.54, 1.807) is 0 Å². The van der Waals surface area contributed by atoms with Crippen LogP contribution in [0.25, 0.3) is 11.0 Å². The molecule has 0 aliphatic heterocycles. The predicted octanol–water partition coefficient (Wildman–Crippen LogP) is 2.53. The van der Waals surface area contributed by atoms with Crippen LogP contribution in [-0.2, 0) is 13.6 Å². The Kier molecular flexibility index (Phi) is 2.74. The number of hydrogen-bond acceptors (Lipinski definition) is 3. The first kappa shape index (κ1) is 11.8. The van der Waals surface area contributed by atoms with E-state index >= 15 is 0 Å². The summed E-state index contributed by atoms with van der Waals surface area (Å²) in [5.74, 6) is 0.795. The van der Waals surface area contributed by atoms with Gasteiger partial charge in [-0.1, -0.05) is 12.1 Å². The Labute approximate surface area is 111 Å². The molecule has 2 heterocycles. The van der Waals surface area contributed by atoms with E-state index in [4.69, 9.17) is 0 Å². The molecule has 2 aromatic heterocycles. The van der Waals surface area contributed by atoms with Crippen molar-refractivity contribution in [2.75, 3.05) is 5.32 Å². The van der Waals surface area contributed by atoms with Gasteiger partial charge in [-0.15, -0.1) is 0 Å². The third-order valence-corrected chi connectivity index (χ3v) is 3.48. The van der Waals surface area contributed by atoms with E-state index in [0.29, 0.717) is 0 Å². The highest BCUT2D eigenvalue weighted by atomic mass is 15.3. The standard InChI is InChI=1S/C14H17N5/c1-9-11(10(2)19(3)18-9)8-15-14-16-12-6-4-5-7-13(12)17-14/h4-7H,8H2,1-3H3,(H2,15,16,17). The molecule has 5 heteroatoms. The van der Waals surface area contributed by atoms with Gasteiger partial charge in [0.25, 0.3) is 0 Å². The first-order valence-electron chi connectivity index (χ1n) is 6.33. The molecule has 0 spiro atoms. The Bertz CT molecular complexity index is 690. The molecule has 0 amide bonds. The lowest BCUT2D eigenvalue weighted by Crippen LogP contribution is -2.03. The minimum atomic E-state index is 0.728. The maximum Gasteiger partial charge on any atom is 0.201 e. The van der Waals surface area contributed by atoms with E-state index < -0.39 is 0 Å². The Morgan fingerprint density at radius 1 is 1.26 bits per heavy atom. The maximum absolute atomic E-state index is 4.50. The van der Waals surface area contributed by atoms with Crippen LogP contribution in [0.3, 0.4) is 0 Å². The second-order valence-electron chi connectivity index (χ2n) is 4.73. The highest BCUT2D eigenvalue weighted by Crippen LogP contribution is 2.16. The van der Waals surface area contributed by atoms with Crippen LogP contribution in [0.1, 0.15) is 17.0 Å². The zero-order valence-corrected chi connectivity index (χ0v) is 11.4. The first-order valence-corrected chi connectivity index (χ1v) is 6.33. The van der Waals surface area contributed by atoms with E-state index in [1.807, 2.05) is 42.9 Å². The molecule has 1 aromatic carbocycles. The quantitative estimate of drug-likeness (QED) is 0.756. The monoisotopic (exact) mass is 255 g/mol. The zero-order valence-electron chi connectivity index (χ0n) is 11.4. The maximum atomic E-state index is 4.50. The summed E-state index contributed by atoms with van der Waals surface area (Å²) in [6.45, 7) is 4.84. The lowest BCUT2D eigenvalue weighted by atomic mass is 10.2. The summed E-state index contributed by atoms with van der Waals surface area (Å²) in [5.41, 5.74) is 5.49. The number of aryl methyl sites for hydroxylation is 2. The van der Waals surface area contributed by atoms with E-state index in [9.17, 15) is 0 Å². The van der Waals surface area contributed by atoms with Gasteiger partial charge < -0.3 is 10.3 Å². The minimum absolute atomic E-state index is 0.728. The average molecular weight is 255 g/mol. The summed E-state index contributed by atoms with van der Waals surface area (Å²) in [7, 11) is 1.97. The minimum Gasteiger partial charge on any atom is -0.352 e. The number of hydrogen-bond donors (Lipinski definition) is 2. The fourth-order valence-electron chi connectivity index (χ4n) is 2.28. The third kappa shape index (κ3) is 2.07. The number of fused-ring (bicyclic) bond motifs is 1. The van der Waals surface area contributed by atoms with Crippen LogP contribution in [-0.4, -0.2) is 19.7 Å². The molecule has 19 heavy (non-hydrogen) atoms. The van der Waals surface area contributed by atoms with Gasteiger partial charge in [0.2, 0.25) is 5.95 Å². The number of benzene rings is 1. The third-order valence-electron chi connectivity index (χ3n) is 3.48. The van der Waals surface area contributed by atoms with E-state index in [2.05, 4.69) is 27.3 Å². The summed E-state index contributed by atoms with van der Waals surface area (Å²) in [5, 5.41) is 7.74. The summed E-state index contributed by atoms with van der Waals surface area (Å²) in [4.78, 5) is 7.76. The molecule has 0 unspecified atom stereocenters. The summed E-state index contributed by atoms with van der Waals surface area (Å²) < 4.78 is 1.91. The zero-order chi connectivity index (χ0) is 13.4. The van der Waals surface area contributed by atoms with Crippen molar-refractivity contribution in [1.82, 2.24) is 19.7 Å². The smallest absolute Gasteiger partial charge is 0.201 e. The molecule has 2 N–H and O–H groups in total. The number of imidazole rings is 1. The van der Waals surface area contributed by atoms with Crippen LogP contribution >= 0.6 is 0 Å². The largest absolute Gasteiger partial charge is 0.352 e. The van der Waals surface area contributed by atoms with Gasteiger partial charge in [0, 0.05) is 24.8 Å². The normalized spacial score (nSPS) is 11.1. The fourth-order valence-corrected chi connectivity index (χ4v) is 2.28. The van der Waals surface area contributed by atoms with Gasteiger partial charge in [0.1, 0.15) is 0 Å². The van der Waals surface area contributed by atoms with Crippen LogP contribution in [0.5, 0.6) is 0 Å². The van der Waals surface area contributed by atoms with Crippen molar-refractivity contribution >= 4 is 17.0 Å². The van der Waals surface area contributed by atoms with Crippen molar-refractivity contribution in [2.45, 2.75) is 20.4 Å². The Morgan fingerprint density at radius 3 is 2.74 bits per heavy atom. The molecule has 0 fully saturated rings. The van der Waals surface area contributed by atoms with Crippen LogP contribution in [0.15, 0.2) is 24.3 Å². The molecule has 3 rings (SSSR count). The number of H-pyrrole nitrogens is 1. The first-order chi connectivity index (χ1) is 9.15. The molecule has 0 aliphatic rings. The van der Waals surface area contributed by atoms with Crippen molar-refractivity contribution in [1.29, 1.82) is 0 Å². The van der Waals surface area contributed by atoms with Gasteiger partial charge in [-0.2, -0.15) is 5.10 Å². The molecule has 5 nitrogen and oxygen atoms in total. The van der Waals surface area contributed by atoms with Crippen molar-refractivity contribution < 1.29 is 0 Å². The van der Waals surface area contributed by atoms with Crippen molar-refractivity contribution in [2.24, 2.45) is 7.05 Å². The number of aromatic nitrogens is 4. The van der Waals surface area contributed by atoms with E-state index in [1.165, 1.54) is 11.3 Å². The Morgan fingerprint density at radius 2 is 2.05 bits per heavy atom. The van der Waals surface area contributed by atoms with Crippen molar-refractivity contribution in [3.63, 3.8) is 0 Å². The van der Waals surface area contributed by atoms with E-state index in [0.717, 1.165) is 29.2 Å². The lowest BCUT2D eigenvalue weighted by molar-refractivity contribution is 0.730. The molecule has 0 aliphatic carbocycles. The van der Waals surface area contributed by atoms with E-state index in [-0.39, 0.29) is 0 Å². The molecule has 98 valence electrons. The highest BCUT2D eigenvalue weighted by molar-refractivity contribution is 5.77. The number of anilines is 1. The SMILES string of the molecule is Cc1nn(C)c(C)c1CNc1nc2ccccc2[nH]1. The molecule has 0 bridgehead atoms. The molecule has 3 aromatic rings. The van der Waals surface area contributed by atoms with Crippen LogP contribution in [0, 0.1) is 13.8 Å². The topological polar surface area (TPSA) is 58.5 Å². The molecular formula is C14H17N5. The van der Waals surface area contributed by atoms with Crippen molar-refractivity contribution in [3.8, 4) is 0 Å². The lowest BCUT2D eigenvalue weighted by Gasteiger charge is -2.03. The summed E-state index contributed by atoms with van der Waals surface area (Å²) in [6.07, 6.45) is 0.